The van der Waals surface area contributed by atoms with E-state index < -0.39 is 5.97 Å². The first-order chi connectivity index (χ1) is 9.08. The Bertz CT molecular complexity index is 295. The number of rotatable bonds is 7. The summed E-state index contributed by atoms with van der Waals surface area (Å²) in [5.41, 5.74) is 0. The van der Waals surface area contributed by atoms with Gasteiger partial charge < -0.3 is 15.3 Å². The molecule has 19 heavy (non-hydrogen) atoms. The van der Waals surface area contributed by atoms with Crippen molar-refractivity contribution in [2.45, 2.75) is 52.0 Å². The number of carboxylic acids is 1. The van der Waals surface area contributed by atoms with Crippen molar-refractivity contribution in [2.24, 2.45) is 5.92 Å². The normalized spacial score (nSPS) is 16.9. The van der Waals surface area contributed by atoms with Gasteiger partial charge in [-0.15, -0.1) is 0 Å². The minimum Gasteiger partial charge on any atom is -0.481 e. The fraction of sp³-hybridized carbons (Fsp3) is 0.857. The van der Waals surface area contributed by atoms with Gasteiger partial charge in [0.1, 0.15) is 0 Å². The molecule has 1 amide bonds. The topological polar surface area (TPSA) is 69.6 Å². The summed E-state index contributed by atoms with van der Waals surface area (Å²) in [6.45, 7) is 6.22. The first-order valence-corrected chi connectivity index (χ1v) is 7.32. The molecule has 0 aliphatic carbocycles. The van der Waals surface area contributed by atoms with Crippen LogP contribution in [-0.4, -0.2) is 47.6 Å². The number of nitrogens with one attached hydrogen (secondary N) is 1. The van der Waals surface area contributed by atoms with E-state index in [4.69, 9.17) is 5.11 Å². The number of likely N-dealkylation sites (tertiary alicyclic amines) is 1. The number of carboxylic acid groups (broad SMARTS) is 1. The van der Waals surface area contributed by atoms with Gasteiger partial charge in [0, 0.05) is 31.6 Å². The van der Waals surface area contributed by atoms with E-state index in [0.29, 0.717) is 12.6 Å². The number of amides is 1. The number of aliphatic carboxylic acids is 1. The first kappa shape index (κ1) is 16.0. The SMILES string of the molecule is CCC(CC)C(=O)N1CCC(NCCC(=O)O)CC1. The van der Waals surface area contributed by atoms with Crippen LogP contribution < -0.4 is 5.32 Å². The summed E-state index contributed by atoms with van der Waals surface area (Å²) in [5, 5.41) is 11.8. The standard InChI is InChI=1S/C14H26N2O3/c1-3-11(4-2)14(19)16-9-6-12(7-10-16)15-8-5-13(17)18/h11-12,15H,3-10H2,1-2H3,(H,17,18). The number of carbonyl (C=O) groups is 2. The van der Waals surface area contributed by atoms with Crippen LogP contribution >= 0.6 is 0 Å². The molecule has 2 N–H and O–H groups in total. The summed E-state index contributed by atoms with van der Waals surface area (Å²) in [4.78, 5) is 24.6. The summed E-state index contributed by atoms with van der Waals surface area (Å²) in [7, 11) is 0. The first-order valence-electron chi connectivity index (χ1n) is 7.32. The maximum Gasteiger partial charge on any atom is 0.304 e. The van der Waals surface area contributed by atoms with Gasteiger partial charge in [-0.05, 0) is 25.7 Å². The third-order valence-corrected chi connectivity index (χ3v) is 3.91. The second kappa shape index (κ2) is 8.15. The molecule has 5 nitrogen and oxygen atoms in total. The quantitative estimate of drug-likeness (QED) is 0.735. The van der Waals surface area contributed by atoms with Gasteiger partial charge in [0.2, 0.25) is 5.91 Å². The second-order valence-corrected chi connectivity index (χ2v) is 5.21. The molecule has 1 fully saturated rings. The summed E-state index contributed by atoms with van der Waals surface area (Å²) >= 11 is 0. The van der Waals surface area contributed by atoms with Gasteiger partial charge >= 0.3 is 5.97 Å². The molecule has 5 heteroatoms. The maximum atomic E-state index is 12.2. The lowest BCUT2D eigenvalue weighted by Gasteiger charge is -2.34. The average molecular weight is 270 g/mol. The van der Waals surface area contributed by atoms with Gasteiger partial charge in [-0.2, -0.15) is 0 Å². The minimum atomic E-state index is -0.770. The fourth-order valence-corrected chi connectivity index (χ4v) is 2.58. The van der Waals surface area contributed by atoms with Crippen molar-refractivity contribution in [1.82, 2.24) is 10.2 Å². The zero-order valence-electron chi connectivity index (χ0n) is 12.0. The minimum absolute atomic E-state index is 0.160. The van der Waals surface area contributed by atoms with E-state index >= 15 is 0 Å². The van der Waals surface area contributed by atoms with Gasteiger partial charge in [-0.3, -0.25) is 9.59 Å². The number of nitrogens with zero attached hydrogens (tertiary/aromatic N) is 1. The molecule has 0 aromatic heterocycles. The number of hydrogen-bond donors (Lipinski definition) is 2. The maximum absolute atomic E-state index is 12.2. The van der Waals surface area contributed by atoms with Gasteiger partial charge in [0.25, 0.3) is 0 Å². The van der Waals surface area contributed by atoms with Crippen LogP contribution in [0.3, 0.4) is 0 Å². The van der Waals surface area contributed by atoms with Crippen molar-refractivity contribution in [3.8, 4) is 0 Å². The van der Waals surface area contributed by atoms with E-state index in [-0.39, 0.29) is 18.2 Å². The molecule has 0 saturated carbocycles. The van der Waals surface area contributed by atoms with E-state index in [1.54, 1.807) is 0 Å². The zero-order chi connectivity index (χ0) is 14.3. The van der Waals surface area contributed by atoms with Crippen molar-refractivity contribution in [2.75, 3.05) is 19.6 Å². The van der Waals surface area contributed by atoms with Gasteiger partial charge in [-0.25, -0.2) is 0 Å². The molecule has 0 atom stereocenters. The lowest BCUT2D eigenvalue weighted by Crippen LogP contribution is -2.47. The molecule has 0 radical (unpaired) electrons. The van der Waals surface area contributed by atoms with Crippen LogP contribution in [0, 0.1) is 5.92 Å². The van der Waals surface area contributed by atoms with E-state index in [0.717, 1.165) is 38.8 Å². The Balaban J connectivity index is 2.28. The van der Waals surface area contributed by atoms with Gasteiger partial charge in [-0.1, -0.05) is 13.8 Å². The predicted octanol–water partition coefficient (Wildman–Crippen LogP) is 1.48. The van der Waals surface area contributed by atoms with Crippen molar-refractivity contribution in [3.63, 3.8) is 0 Å². The molecule has 1 aliphatic rings. The van der Waals surface area contributed by atoms with Crippen LogP contribution in [0.5, 0.6) is 0 Å². The lowest BCUT2D eigenvalue weighted by molar-refractivity contribution is -0.137. The van der Waals surface area contributed by atoms with Crippen molar-refractivity contribution < 1.29 is 14.7 Å². The highest BCUT2D eigenvalue weighted by Crippen LogP contribution is 2.17. The predicted molar refractivity (Wildman–Crippen MR) is 73.9 cm³/mol. The third kappa shape index (κ3) is 5.19. The van der Waals surface area contributed by atoms with Gasteiger partial charge in [0.15, 0.2) is 0 Å². The molecule has 1 saturated heterocycles. The fourth-order valence-electron chi connectivity index (χ4n) is 2.58. The molecule has 1 aliphatic heterocycles. The number of carbonyl (C=O) groups excluding carboxylic acids is 1. The molecule has 1 rings (SSSR count). The highest BCUT2D eigenvalue weighted by molar-refractivity contribution is 5.78. The van der Waals surface area contributed by atoms with Crippen molar-refractivity contribution in [3.05, 3.63) is 0 Å². The van der Waals surface area contributed by atoms with E-state index in [9.17, 15) is 9.59 Å². The second-order valence-electron chi connectivity index (χ2n) is 5.21. The smallest absolute Gasteiger partial charge is 0.304 e. The third-order valence-electron chi connectivity index (χ3n) is 3.91. The molecule has 0 unspecified atom stereocenters. The zero-order valence-corrected chi connectivity index (χ0v) is 12.0. The Morgan fingerprint density at radius 3 is 2.32 bits per heavy atom. The Morgan fingerprint density at radius 1 is 1.26 bits per heavy atom. The van der Waals surface area contributed by atoms with Gasteiger partial charge in [0.05, 0.1) is 6.42 Å². The van der Waals surface area contributed by atoms with Crippen LogP contribution in [0.25, 0.3) is 0 Å². The number of piperidine rings is 1. The average Bonchev–Trinajstić information content (AvgIpc) is 2.40. The Labute approximate surface area is 115 Å². The molecule has 110 valence electrons. The molecular weight excluding hydrogens is 244 g/mol. The summed E-state index contributed by atoms with van der Waals surface area (Å²) in [6.07, 6.45) is 3.82. The Hall–Kier alpha value is -1.10. The van der Waals surface area contributed by atoms with E-state index in [2.05, 4.69) is 19.2 Å². The summed E-state index contributed by atoms with van der Waals surface area (Å²) < 4.78 is 0. The van der Waals surface area contributed by atoms with E-state index in [1.165, 1.54) is 0 Å². The summed E-state index contributed by atoms with van der Waals surface area (Å²) in [5.74, 6) is -0.320. The largest absolute Gasteiger partial charge is 0.481 e. The molecule has 0 bridgehead atoms. The van der Waals surface area contributed by atoms with Crippen molar-refractivity contribution >= 4 is 11.9 Å². The highest BCUT2D eigenvalue weighted by Gasteiger charge is 2.26. The van der Waals surface area contributed by atoms with Crippen LogP contribution in [0.15, 0.2) is 0 Å². The molecule has 0 aromatic rings. The molecule has 0 aromatic carbocycles. The number of hydrogen-bond acceptors (Lipinski definition) is 3. The molecular formula is C14H26N2O3. The molecule has 0 spiro atoms. The van der Waals surface area contributed by atoms with E-state index in [1.807, 2.05) is 4.90 Å². The van der Waals surface area contributed by atoms with Crippen LogP contribution in [0.1, 0.15) is 46.0 Å². The van der Waals surface area contributed by atoms with Crippen LogP contribution in [-0.2, 0) is 9.59 Å². The van der Waals surface area contributed by atoms with Crippen LogP contribution in [0.4, 0.5) is 0 Å². The lowest BCUT2D eigenvalue weighted by atomic mass is 9.98. The van der Waals surface area contributed by atoms with Crippen molar-refractivity contribution in [1.29, 1.82) is 0 Å². The highest BCUT2D eigenvalue weighted by atomic mass is 16.4. The monoisotopic (exact) mass is 270 g/mol. The Kier molecular flexibility index (Phi) is 6.84. The summed E-state index contributed by atoms with van der Waals surface area (Å²) in [6, 6.07) is 0.352. The Morgan fingerprint density at radius 2 is 1.84 bits per heavy atom. The van der Waals surface area contributed by atoms with Crippen LogP contribution in [0.2, 0.25) is 0 Å². The molecule has 1 heterocycles.